The quantitative estimate of drug-likeness (QED) is 0.882. The second-order valence-electron chi connectivity index (χ2n) is 5.08. The molecule has 3 rings (SSSR count). The van der Waals surface area contributed by atoms with Crippen LogP contribution in [0.15, 0.2) is 48.0 Å². The topological polar surface area (TPSA) is 72.8 Å². The number of carbonyl (C=O) groups is 2. The van der Waals surface area contributed by atoms with Gasteiger partial charge in [0.15, 0.2) is 5.78 Å². The Morgan fingerprint density at radius 1 is 1.22 bits per heavy atom. The van der Waals surface area contributed by atoms with Crippen LogP contribution in [-0.2, 0) is 0 Å². The van der Waals surface area contributed by atoms with E-state index in [2.05, 4.69) is 0 Å². The molecule has 1 aliphatic rings. The third-order valence-electron chi connectivity index (χ3n) is 3.60. The number of aromatic carboxylic acids is 1. The number of carboxylic acid groups (broad SMARTS) is 1. The fraction of sp³-hybridized carbons (Fsp3) is 0.111. The van der Waals surface area contributed by atoms with E-state index in [0.29, 0.717) is 22.6 Å². The number of carbonyl (C=O) groups excluding carboxylic acids is 1. The predicted octanol–water partition coefficient (Wildman–Crippen LogP) is 3.05. The highest BCUT2D eigenvalue weighted by Gasteiger charge is 2.23. The molecule has 0 aromatic heterocycles. The first kappa shape index (κ1) is 14.8. The lowest BCUT2D eigenvalue weighted by molar-refractivity contribution is 0.0696. The van der Waals surface area contributed by atoms with Gasteiger partial charge < -0.3 is 14.6 Å². The van der Waals surface area contributed by atoms with Crippen LogP contribution in [0.1, 0.15) is 26.3 Å². The molecule has 0 atom stereocenters. The van der Waals surface area contributed by atoms with Crippen molar-refractivity contribution in [3.63, 3.8) is 0 Å². The van der Waals surface area contributed by atoms with Gasteiger partial charge in [-0.05, 0) is 42.0 Å². The van der Waals surface area contributed by atoms with Crippen LogP contribution >= 0.6 is 0 Å². The van der Waals surface area contributed by atoms with Crippen molar-refractivity contribution in [3.05, 3.63) is 64.7 Å². The number of benzene rings is 2. The van der Waals surface area contributed by atoms with Gasteiger partial charge in [-0.2, -0.15) is 0 Å². The lowest BCUT2D eigenvalue weighted by Gasteiger charge is -2.19. The summed E-state index contributed by atoms with van der Waals surface area (Å²) in [7, 11) is 1.54. The Bertz CT molecular complexity index is 803. The third-order valence-corrected chi connectivity index (χ3v) is 3.60. The summed E-state index contributed by atoms with van der Waals surface area (Å²) in [6, 6.07) is 11.4. The molecule has 2 aromatic rings. The van der Waals surface area contributed by atoms with Crippen molar-refractivity contribution in [1.29, 1.82) is 0 Å². The average Bonchev–Trinajstić information content (AvgIpc) is 2.57. The van der Waals surface area contributed by atoms with Crippen LogP contribution in [0.25, 0.3) is 6.08 Å². The van der Waals surface area contributed by atoms with Gasteiger partial charge in [-0.25, -0.2) is 4.79 Å². The number of methoxy groups -OCH3 is 1. The van der Waals surface area contributed by atoms with E-state index in [9.17, 15) is 9.59 Å². The van der Waals surface area contributed by atoms with Gasteiger partial charge >= 0.3 is 5.97 Å². The lowest BCUT2D eigenvalue weighted by Crippen LogP contribution is -2.19. The van der Waals surface area contributed by atoms with Crippen molar-refractivity contribution in [2.75, 3.05) is 13.7 Å². The highest BCUT2D eigenvalue weighted by atomic mass is 16.5. The normalized spacial score (nSPS) is 15.0. The molecule has 0 unspecified atom stereocenters. The van der Waals surface area contributed by atoms with Gasteiger partial charge in [-0.3, -0.25) is 4.79 Å². The van der Waals surface area contributed by atoms with Gasteiger partial charge in [0.1, 0.15) is 18.1 Å². The van der Waals surface area contributed by atoms with Crippen molar-refractivity contribution >= 4 is 17.8 Å². The maximum atomic E-state index is 12.6. The number of carboxylic acids is 1. The van der Waals surface area contributed by atoms with Crippen molar-refractivity contribution in [2.24, 2.45) is 0 Å². The predicted molar refractivity (Wildman–Crippen MR) is 84.2 cm³/mol. The van der Waals surface area contributed by atoms with E-state index in [-0.39, 0.29) is 18.0 Å². The molecule has 0 saturated heterocycles. The molecular formula is C18H14O5. The van der Waals surface area contributed by atoms with Gasteiger partial charge in [-0.1, -0.05) is 12.1 Å². The summed E-state index contributed by atoms with van der Waals surface area (Å²) in [5.74, 6) is 0.0247. The molecule has 23 heavy (non-hydrogen) atoms. The minimum atomic E-state index is -0.984. The van der Waals surface area contributed by atoms with Gasteiger partial charge in [0.05, 0.1) is 18.2 Å². The van der Waals surface area contributed by atoms with Crippen LogP contribution in [-0.4, -0.2) is 30.6 Å². The minimum absolute atomic E-state index is 0.118. The molecule has 5 heteroatoms. The van der Waals surface area contributed by atoms with E-state index in [1.807, 2.05) is 0 Å². The Labute approximate surface area is 132 Å². The largest absolute Gasteiger partial charge is 0.497 e. The molecule has 0 amide bonds. The Hall–Kier alpha value is -3.08. The molecule has 0 saturated carbocycles. The number of rotatable bonds is 3. The molecule has 5 nitrogen and oxygen atoms in total. The minimum Gasteiger partial charge on any atom is -0.497 e. The first-order chi connectivity index (χ1) is 11.1. The van der Waals surface area contributed by atoms with Gasteiger partial charge in [0.2, 0.25) is 0 Å². The Morgan fingerprint density at radius 2 is 1.96 bits per heavy atom. The van der Waals surface area contributed by atoms with Crippen LogP contribution in [0.4, 0.5) is 0 Å². The first-order valence-corrected chi connectivity index (χ1v) is 6.98. The molecule has 0 spiro atoms. The number of fused-ring (bicyclic) bond motifs is 1. The molecular weight excluding hydrogens is 296 g/mol. The molecule has 0 bridgehead atoms. The van der Waals surface area contributed by atoms with Crippen LogP contribution < -0.4 is 9.47 Å². The van der Waals surface area contributed by atoms with Crippen molar-refractivity contribution < 1.29 is 24.2 Å². The number of ether oxygens (including phenoxy) is 2. The Morgan fingerprint density at radius 3 is 2.61 bits per heavy atom. The molecule has 0 fully saturated rings. The zero-order valence-electron chi connectivity index (χ0n) is 12.4. The summed E-state index contributed by atoms with van der Waals surface area (Å²) in [4.78, 5) is 23.4. The zero-order chi connectivity index (χ0) is 16.4. The summed E-state index contributed by atoms with van der Waals surface area (Å²) in [6.07, 6.45) is 1.70. The Balaban J connectivity index is 1.91. The van der Waals surface area contributed by atoms with E-state index in [4.69, 9.17) is 14.6 Å². The molecule has 0 aliphatic carbocycles. The molecule has 1 heterocycles. The summed E-state index contributed by atoms with van der Waals surface area (Å²) in [5.41, 5.74) is 1.92. The van der Waals surface area contributed by atoms with E-state index < -0.39 is 5.97 Å². The molecule has 116 valence electrons. The molecule has 1 N–H and O–H groups in total. The van der Waals surface area contributed by atoms with Gasteiger partial charge in [0.25, 0.3) is 0 Å². The average molecular weight is 310 g/mol. The molecule has 1 aliphatic heterocycles. The fourth-order valence-corrected chi connectivity index (χ4v) is 2.36. The van der Waals surface area contributed by atoms with Gasteiger partial charge in [-0.15, -0.1) is 0 Å². The van der Waals surface area contributed by atoms with Crippen LogP contribution in [0.2, 0.25) is 0 Å². The summed E-state index contributed by atoms with van der Waals surface area (Å²) >= 11 is 0. The lowest BCUT2D eigenvalue weighted by atomic mass is 9.98. The molecule has 2 aromatic carbocycles. The maximum absolute atomic E-state index is 12.6. The number of hydrogen-bond donors (Lipinski definition) is 1. The van der Waals surface area contributed by atoms with E-state index >= 15 is 0 Å². The number of Topliss-reactive ketones (excluding diaryl/α,β-unsaturated/α-hetero) is 1. The smallest absolute Gasteiger partial charge is 0.335 e. The fourth-order valence-electron chi connectivity index (χ4n) is 2.36. The SMILES string of the molecule is COc1ccc2c(c1)C(=O)C(=Cc1ccc(C(=O)O)cc1)CO2. The monoisotopic (exact) mass is 310 g/mol. The standard InChI is InChI=1S/C18H14O5/c1-22-14-6-7-16-15(9-14)17(19)13(10-23-16)8-11-2-4-12(5-3-11)18(20)21/h2-9H,10H2,1H3,(H,20,21). The second kappa shape index (κ2) is 5.96. The van der Waals surface area contributed by atoms with Gasteiger partial charge in [0, 0.05) is 5.57 Å². The highest BCUT2D eigenvalue weighted by Crippen LogP contribution is 2.31. The molecule has 0 radical (unpaired) electrons. The summed E-state index contributed by atoms with van der Waals surface area (Å²) < 4.78 is 10.7. The number of hydrogen-bond acceptors (Lipinski definition) is 4. The Kier molecular flexibility index (Phi) is 3.85. The van der Waals surface area contributed by atoms with Crippen LogP contribution in [0.5, 0.6) is 11.5 Å². The van der Waals surface area contributed by atoms with E-state index in [1.54, 1.807) is 36.4 Å². The number of ketones is 1. The third kappa shape index (κ3) is 2.94. The van der Waals surface area contributed by atoms with Crippen LogP contribution in [0.3, 0.4) is 0 Å². The van der Waals surface area contributed by atoms with Crippen molar-refractivity contribution in [3.8, 4) is 11.5 Å². The van der Waals surface area contributed by atoms with Crippen molar-refractivity contribution in [1.82, 2.24) is 0 Å². The van der Waals surface area contributed by atoms with E-state index in [1.165, 1.54) is 19.2 Å². The highest BCUT2D eigenvalue weighted by molar-refractivity contribution is 6.14. The first-order valence-electron chi connectivity index (χ1n) is 6.98. The maximum Gasteiger partial charge on any atom is 0.335 e. The van der Waals surface area contributed by atoms with Crippen LogP contribution in [0, 0.1) is 0 Å². The van der Waals surface area contributed by atoms with E-state index in [0.717, 1.165) is 5.56 Å². The summed E-state index contributed by atoms with van der Waals surface area (Å²) in [5, 5.41) is 8.90. The second-order valence-corrected chi connectivity index (χ2v) is 5.08. The zero-order valence-corrected chi connectivity index (χ0v) is 12.4. The van der Waals surface area contributed by atoms with Crippen molar-refractivity contribution in [2.45, 2.75) is 0 Å². The summed E-state index contributed by atoms with van der Waals surface area (Å²) in [6.45, 7) is 0.179.